The number of rotatable bonds is 4. The molecule has 3 heterocycles. The van der Waals surface area contributed by atoms with Crippen LogP contribution < -0.4 is 5.56 Å². The number of ether oxygens (including phenoxy) is 1. The minimum atomic E-state index is -0.329. The molecule has 0 aliphatic heterocycles. The van der Waals surface area contributed by atoms with E-state index in [0.29, 0.717) is 10.9 Å². The zero-order valence-electron chi connectivity index (χ0n) is 15.8. The van der Waals surface area contributed by atoms with Crippen LogP contribution in [-0.2, 0) is 22.4 Å². The Kier molecular flexibility index (Phi) is 4.63. The predicted octanol–water partition coefficient (Wildman–Crippen LogP) is 3.24. The van der Waals surface area contributed by atoms with Crippen molar-refractivity contribution in [1.29, 1.82) is 0 Å². The normalized spacial score (nSPS) is 13.7. The van der Waals surface area contributed by atoms with Crippen molar-refractivity contribution in [2.45, 2.75) is 30.8 Å². The van der Waals surface area contributed by atoms with Crippen molar-refractivity contribution in [1.82, 2.24) is 19.2 Å². The van der Waals surface area contributed by atoms with E-state index in [1.54, 1.807) is 15.9 Å². The molecule has 0 radical (unpaired) electrons. The quantitative estimate of drug-likeness (QED) is 0.368. The standard InChI is InChI=1S/C20H18N4O3S2/c1-27-15(25)11-28-20-22-21-19-23(12-7-3-2-4-8-12)17(26)16-13-9-5-6-10-14(13)29-18(16)24(19)20/h2-4,7-8H,5-6,9-11H2,1H3. The van der Waals surface area contributed by atoms with Crippen LogP contribution in [0.3, 0.4) is 0 Å². The molecule has 4 aromatic rings. The van der Waals surface area contributed by atoms with Crippen LogP contribution in [0.25, 0.3) is 21.7 Å². The van der Waals surface area contributed by atoms with E-state index in [4.69, 9.17) is 4.74 Å². The number of esters is 1. The second-order valence-corrected chi connectivity index (χ2v) is 8.88. The molecule has 148 valence electrons. The number of methoxy groups -OCH3 is 1. The average Bonchev–Trinajstić information content (AvgIpc) is 3.34. The minimum Gasteiger partial charge on any atom is -0.468 e. The molecule has 0 unspecified atom stereocenters. The highest BCUT2D eigenvalue weighted by atomic mass is 32.2. The monoisotopic (exact) mass is 426 g/mol. The number of nitrogens with zero attached hydrogens (tertiary/aromatic N) is 4. The van der Waals surface area contributed by atoms with Gasteiger partial charge in [0.15, 0.2) is 5.16 Å². The molecule has 0 amide bonds. The third-order valence-corrected chi connectivity index (χ3v) is 7.33. The molecule has 9 heteroatoms. The van der Waals surface area contributed by atoms with Crippen LogP contribution >= 0.6 is 23.1 Å². The first-order chi connectivity index (χ1) is 14.2. The molecule has 3 aromatic heterocycles. The molecular formula is C20H18N4O3S2. The van der Waals surface area contributed by atoms with Gasteiger partial charge < -0.3 is 4.74 Å². The highest BCUT2D eigenvalue weighted by molar-refractivity contribution is 7.99. The van der Waals surface area contributed by atoms with Gasteiger partial charge in [-0.15, -0.1) is 21.5 Å². The fourth-order valence-corrected chi connectivity index (χ4v) is 6.00. The van der Waals surface area contributed by atoms with Gasteiger partial charge in [0.25, 0.3) is 5.56 Å². The van der Waals surface area contributed by atoms with Crippen LogP contribution in [0.15, 0.2) is 40.3 Å². The lowest BCUT2D eigenvalue weighted by Crippen LogP contribution is -2.22. The number of carbonyl (C=O) groups excluding carboxylic acids is 1. The van der Waals surface area contributed by atoms with Crippen LogP contribution in [0, 0.1) is 0 Å². The lowest BCUT2D eigenvalue weighted by atomic mass is 9.97. The van der Waals surface area contributed by atoms with Crippen molar-refractivity contribution in [2.75, 3.05) is 12.9 Å². The van der Waals surface area contributed by atoms with E-state index in [1.807, 2.05) is 34.7 Å². The zero-order valence-corrected chi connectivity index (χ0v) is 17.4. The van der Waals surface area contributed by atoms with E-state index in [9.17, 15) is 9.59 Å². The van der Waals surface area contributed by atoms with Gasteiger partial charge in [-0.1, -0.05) is 30.0 Å². The molecule has 0 bridgehead atoms. The van der Waals surface area contributed by atoms with Gasteiger partial charge in [0.1, 0.15) is 4.83 Å². The Balaban J connectivity index is 1.84. The molecule has 1 aliphatic carbocycles. The van der Waals surface area contributed by atoms with E-state index in [0.717, 1.165) is 47.2 Å². The maximum atomic E-state index is 13.6. The van der Waals surface area contributed by atoms with Crippen molar-refractivity contribution in [3.05, 3.63) is 51.1 Å². The van der Waals surface area contributed by atoms with Crippen molar-refractivity contribution < 1.29 is 9.53 Å². The lowest BCUT2D eigenvalue weighted by Gasteiger charge is -2.12. The summed E-state index contributed by atoms with van der Waals surface area (Å²) in [7, 11) is 1.36. The number of benzene rings is 1. The molecule has 0 saturated heterocycles. The third-order valence-electron chi connectivity index (χ3n) is 5.15. The summed E-state index contributed by atoms with van der Waals surface area (Å²) in [6.07, 6.45) is 4.14. The van der Waals surface area contributed by atoms with Crippen LogP contribution in [-0.4, -0.2) is 38.0 Å². The number of para-hydroxylation sites is 1. The lowest BCUT2D eigenvalue weighted by molar-refractivity contribution is -0.137. The number of hydrogen-bond donors (Lipinski definition) is 0. The van der Waals surface area contributed by atoms with E-state index in [-0.39, 0.29) is 17.3 Å². The summed E-state index contributed by atoms with van der Waals surface area (Å²) >= 11 is 2.91. The zero-order chi connectivity index (χ0) is 20.0. The fraction of sp³-hybridized carbons (Fsp3) is 0.300. The maximum absolute atomic E-state index is 13.6. The topological polar surface area (TPSA) is 78.5 Å². The SMILES string of the molecule is COC(=O)CSc1nnc2n(-c3ccccc3)c(=O)c3c4c(sc3n12)CCCC4. The molecule has 0 saturated carbocycles. The average molecular weight is 427 g/mol. The molecule has 5 rings (SSSR count). The van der Waals surface area contributed by atoms with Gasteiger partial charge in [-0.05, 0) is 43.4 Å². The smallest absolute Gasteiger partial charge is 0.316 e. The molecule has 0 spiro atoms. The number of aromatic nitrogens is 4. The summed E-state index contributed by atoms with van der Waals surface area (Å²) in [5.74, 6) is 0.262. The summed E-state index contributed by atoms with van der Waals surface area (Å²) in [4.78, 5) is 27.4. The van der Waals surface area contributed by atoms with Gasteiger partial charge >= 0.3 is 5.97 Å². The molecule has 0 fully saturated rings. The molecule has 7 nitrogen and oxygen atoms in total. The van der Waals surface area contributed by atoms with Crippen molar-refractivity contribution in [2.24, 2.45) is 0 Å². The third kappa shape index (κ3) is 2.96. The molecule has 1 aromatic carbocycles. The first-order valence-electron chi connectivity index (χ1n) is 9.38. The van der Waals surface area contributed by atoms with Crippen LogP contribution in [0.2, 0.25) is 0 Å². The highest BCUT2D eigenvalue weighted by Crippen LogP contribution is 2.36. The Bertz CT molecular complexity index is 1290. The minimum absolute atomic E-state index is 0.0602. The molecule has 0 N–H and O–H groups in total. The first-order valence-corrected chi connectivity index (χ1v) is 11.2. The fourth-order valence-electron chi connectivity index (χ4n) is 3.80. The van der Waals surface area contributed by atoms with Gasteiger partial charge in [0.2, 0.25) is 5.78 Å². The second kappa shape index (κ2) is 7.31. The highest BCUT2D eigenvalue weighted by Gasteiger charge is 2.25. The van der Waals surface area contributed by atoms with Crippen LogP contribution in [0.5, 0.6) is 0 Å². The Morgan fingerprint density at radius 2 is 2.00 bits per heavy atom. The molecular weight excluding hydrogens is 408 g/mol. The van der Waals surface area contributed by atoms with Crippen molar-refractivity contribution >= 4 is 45.1 Å². The van der Waals surface area contributed by atoms with Crippen LogP contribution in [0.1, 0.15) is 23.3 Å². The van der Waals surface area contributed by atoms with Crippen molar-refractivity contribution in [3.63, 3.8) is 0 Å². The number of thioether (sulfide) groups is 1. The van der Waals surface area contributed by atoms with E-state index in [2.05, 4.69) is 10.2 Å². The van der Waals surface area contributed by atoms with Crippen molar-refractivity contribution in [3.8, 4) is 5.69 Å². The molecule has 0 atom stereocenters. The number of thiophene rings is 1. The number of aryl methyl sites for hydroxylation is 2. The maximum Gasteiger partial charge on any atom is 0.316 e. The van der Waals surface area contributed by atoms with Gasteiger partial charge in [-0.3, -0.25) is 9.59 Å². The summed E-state index contributed by atoms with van der Waals surface area (Å²) in [5, 5.41) is 9.96. The molecule has 29 heavy (non-hydrogen) atoms. The summed E-state index contributed by atoms with van der Waals surface area (Å²) in [5.41, 5.74) is 1.84. The summed E-state index contributed by atoms with van der Waals surface area (Å²) in [6, 6.07) is 9.49. The Hall–Kier alpha value is -2.65. The summed E-state index contributed by atoms with van der Waals surface area (Å²) in [6.45, 7) is 0. The number of hydrogen-bond acceptors (Lipinski definition) is 7. The van der Waals surface area contributed by atoms with Gasteiger partial charge in [0, 0.05) is 4.88 Å². The largest absolute Gasteiger partial charge is 0.468 e. The Morgan fingerprint density at radius 3 is 2.79 bits per heavy atom. The Labute approximate surface area is 174 Å². The molecule has 1 aliphatic rings. The second-order valence-electron chi connectivity index (χ2n) is 6.85. The van der Waals surface area contributed by atoms with Gasteiger partial charge in [-0.25, -0.2) is 8.97 Å². The first kappa shape index (κ1) is 18.4. The summed E-state index contributed by atoms with van der Waals surface area (Å²) < 4.78 is 8.30. The van der Waals surface area contributed by atoms with E-state index < -0.39 is 0 Å². The van der Waals surface area contributed by atoms with Gasteiger partial charge in [0.05, 0.1) is 23.9 Å². The van der Waals surface area contributed by atoms with E-state index in [1.165, 1.54) is 23.7 Å². The Morgan fingerprint density at radius 1 is 1.21 bits per heavy atom. The number of fused-ring (bicyclic) bond motifs is 5. The van der Waals surface area contributed by atoms with Crippen LogP contribution in [0.4, 0.5) is 0 Å². The van der Waals surface area contributed by atoms with E-state index >= 15 is 0 Å². The number of carbonyl (C=O) groups is 1. The van der Waals surface area contributed by atoms with Gasteiger partial charge in [-0.2, -0.15) is 0 Å². The predicted molar refractivity (Wildman–Crippen MR) is 113 cm³/mol.